The molecule has 1 aliphatic rings. The Labute approximate surface area is 147 Å². The second-order valence-electron chi connectivity index (χ2n) is 6.97. The van der Waals surface area contributed by atoms with Gasteiger partial charge in [-0.3, -0.25) is 4.90 Å². The Morgan fingerprint density at radius 3 is 2.56 bits per heavy atom. The van der Waals surface area contributed by atoms with Gasteiger partial charge in [0.2, 0.25) is 0 Å². The largest absolute Gasteiger partial charge is 0.444 e. The van der Waals surface area contributed by atoms with E-state index >= 15 is 0 Å². The average Bonchev–Trinajstić information content (AvgIpc) is 2.61. The van der Waals surface area contributed by atoms with Gasteiger partial charge in [-0.1, -0.05) is 23.7 Å². The van der Waals surface area contributed by atoms with E-state index < -0.39 is 48.2 Å². The van der Waals surface area contributed by atoms with Crippen LogP contribution in [-0.2, 0) is 11.2 Å². The molecule has 1 aromatic carbocycles. The second-order valence-corrected chi connectivity index (χ2v) is 7.38. The highest BCUT2D eigenvalue weighted by Gasteiger charge is 2.66. The lowest BCUT2D eigenvalue weighted by atomic mass is 9.97. The van der Waals surface area contributed by atoms with Crippen LogP contribution in [-0.4, -0.2) is 51.1 Å². The monoisotopic (exact) mass is 381 g/mol. The van der Waals surface area contributed by atoms with Crippen LogP contribution in [0.4, 0.5) is 18.0 Å². The van der Waals surface area contributed by atoms with E-state index in [1.165, 1.54) is 39.0 Å². The number of carbonyl (C=O) groups is 1. The zero-order valence-electron chi connectivity index (χ0n) is 13.9. The molecule has 0 aromatic heterocycles. The first-order valence-electron chi connectivity index (χ1n) is 7.51. The number of halogens is 4. The molecule has 0 bridgehead atoms. The highest BCUT2D eigenvalue weighted by atomic mass is 35.5. The van der Waals surface area contributed by atoms with Crippen molar-refractivity contribution in [3.05, 3.63) is 34.6 Å². The van der Waals surface area contributed by atoms with Crippen LogP contribution in [0, 0.1) is 5.82 Å². The van der Waals surface area contributed by atoms with Crippen LogP contribution in [0.25, 0.3) is 0 Å². The molecule has 9 heteroatoms. The van der Waals surface area contributed by atoms with E-state index in [4.69, 9.17) is 16.3 Å². The summed E-state index contributed by atoms with van der Waals surface area (Å²) in [6.07, 6.45) is -1.72. The van der Waals surface area contributed by atoms with Crippen LogP contribution in [0.15, 0.2) is 18.2 Å². The molecule has 0 aliphatic carbocycles. The fourth-order valence-electron chi connectivity index (χ4n) is 2.58. The number of likely N-dealkylation sites (tertiary alicyclic amines) is 1. The number of nitrogens with zero attached hydrogens (tertiary/aromatic N) is 1. The number of benzene rings is 1. The minimum Gasteiger partial charge on any atom is -0.444 e. The average molecular weight is 382 g/mol. The molecule has 2 rings (SSSR count). The summed E-state index contributed by atoms with van der Waals surface area (Å²) >= 11 is 5.66. The molecule has 0 saturated carbocycles. The Bertz CT molecular complexity index is 676. The van der Waals surface area contributed by atoms with Gasteiger partial charge in [0.25, 0.3) is 5.79 Å². The molecular formula is C16H19ClF3NO4. The van der Waals surface area contributed by atoms with E-state index in [9.17, 15) is 28.2 Å². The number of amides is 1. The maximum absolute atomic E-state index is 14.1. The molecule has 2 N–H and O–H groups in total. The van der Waals surface area contributed by atoms with Gasteiger partial charge in [0.1, 0.15) is 11.4 Å². The fourth-order valence-corrected chi connectivity index (χ4v) is 2.77. The molecule has 25 heavy (non-hydrogen) atoms. The summed E-state index contributed by atoms with van der Waals surface area (Å²) in [6.45, 7) is 3.35. The number of rotatable bonds is 2. The molecule has 1 atom stereocenters. The van der Waals surface area contributed by atoms with Crippen LogP contribution in [0.3, 0.4) is 0 Å². The topological polar surface area (TPSA) is 70.0 Å². The van der Waals surface area contributed by atoms with Crippen molar-refractivity contribution in [2.24, 2.45) is 0 Å². The smallest absolute Gasteiger partial charge is 0.410 e. The first-order chi connectivity index (χ1) is 11.3. The first kappa shape index (κ1) is 19.8. The Balaban J connectivity index is 2.38. The van der Waals surface area contributed by atoms with Crippen molar-refractivity contribution >= 4 is 17.7 Å². The third kappa shape index (κ3) is 3.86. The van der Waals surface area contributed by atoms with Crippen molar-refractivity contribution in [1.82, 2.24) is 4.90 Å². The van der Waals surface area contributed by atoms with E-state index in [1.807, 2.05) is 0 Å². The van der Waals surface area contributed by atoms with Crippen molar-refractivity contribution in [3.8, 4) is 0 Å². The van der Waals surface area contributed by atoms with Gasteiger partial charge in [0.05, 0.1) is 17.6 Å². The molecule has 1 aliphatic heterocycles. The Kier molecular flexibility index (Phi) is 5.02. The second kappa shape index (κ2) is 6.34. The molecule has 1 aromatic rings. The van der Waals surface area contributed by atoms with Gasteiger partial charge in [-0.15, -0.1) is 0 Å². The van der Waals surface area contributed by atoms with Crippen LogP contribution in [0.5, 0.6) is 0 Å². The highest BCUT2D eigenvalue weighted by molar-refractivity contribution is 6.30. The summed E-state index contributed by atoms with van der Waals surface area (Å²) in [6, 6.07) is 2.11. The van der Waals surface area contributed by atoms with Gasteiger partial charge in [-0.05, 0) is 32.4 Å². The lowest BCUT2D eigenvalue weighted by Crippen LogP contribution is -2.54. The number of ether oxygens (including phenoxy) is 1. The van der Waals surface area contributed by atoms with E-state index in [-0.39, 0.29) is 10.6 Å². The van der Waals surface area contributed by atoms with E-state index in [2.05, 4.69) is 0 Å². The molecule has 1 unspecified atom stereocenters. The van der Waals surface area contributed by atoms with E-state index in [1.54, 1.807) is 0 Å². The number of aliphatic hydroxyl groups is 2. The van der Waals surface area contributed by atoms with Crippen molar-refractivity contribution < 1.29 is 32.9 Å². The lowest BCUT2D eigenvalue weighted by Gasteiger charge is -2.32. The van der Waals surface area contributed by atoms with Crippen molar-refractivity contribution in [2.45, 2.75) is 50.5 Å². The Hall–Kier alpha value is -1.51. The number of hydrogen-bond acceptors (Lipinski definition) is 4. The molecule has 5 nitrogen and oxygen atoms in total. The molecular weight excluding hydrogens is 363 g/mol. The number of hydrogen-bond donors (Lipinski definition) is 2. The molecule has 1 fully saturated rings. The predicted octanol–water partition coefficient (Wildman–Crippen LogP) is 2.96. The van der Waals surface area contributed by atoms with Crippen molar-refractivity contribution in [3.63, 3.8) is 0 Å². The van der Waals surface area contributed by atoms with Crippen LogP contribution in [0.2, 0.25) is 5.02 Å². The lowest BCUT2D eigenvalue weighted by molar-refractivity contribution is -0.280. The van der Waals surface area contributed by atoms with Crippen molar-refractivity contribution in [2.75, 3.05) is 6.54 Å². The van der Waals surface area contributed by atoms with E-state index in [0.717, 1.165) is 0 Å². The minimum absolute atomic E-state index is 0.128. The molecule has 1 saturated heterocycles. The summed E-state index contributed by atoms with van der Waals surface area (Å²) in [5, 5.41) is 19.6. The maximum Gasteiger partial charge on any atom is 0.410 e. The first-order valence-corrected chi connectivity index (χ1v) is 7.89. The number of carbonyl (C=O) groups excluding carboxylic acids is 1. The van der Waals surface area contributed by atoms with Crippen LogP contribution < -0.4 is 0 Å². The third-order valence-electron chi connectivity index (χ3n) is 3.82. The van der Waals surface area contributed by atoms with Gasteiger partial charge in [0.15, 0.2) is 0 Å². The molecule has 1 heterocycles. The van der Waals surface area contributed by atoms with Gasteiger partial charge >= 0.3 is 12.0 Å². The SMILES string of the molecule is CC(C)(C)OC(=O)N1CC(F)(F)C(O)(O)C1Cc1cccc(Cl)c1F. The molecule has 0 radical (unpaired) electrons. The normalized spacial score (nSPS) is 22.1. The van der Waals surface area contributed by atoms with Gasteiger partial charge in [-0.2, -0.15) is 8.78 Å². The van der Waals surface area contributed by atoms with Crippen LogP contribution in [0.1, 0.15) is 26.3 Å². The van der Waals surface area contributed by atoms with Gasteiger partial charge < -0.3 is 14.9 Å². The fraction of sp³-hybridized carbons (Fsp3) is 0.562. The predicted molar refractivity (Wildman–Crippen MR) is 84.0 cm³/mol. The standard InChI is InChI=1S/C16H19ClF3NO4/c1-14(2,3)25-13(22)21-8-15(19,20)16(23,24)11(21)7-9-5-4-6-10(17)12(9)18/h4-6,11,23-24H,7-8H2,1-3H3. The quantitative estimate of drug-likeness (QED) is 0.773. The third-order valence-corrected chi connectivity index (χ3v) is 4.11. The Morgan fingerprint density at radius 2 is 2.00 bits per heavy atom. The van der Waals surface area contributed by atoms with E-state index in [0.29, 0.717) is 4.90 Å². The summed E-state index contributed by atoms with van der Waals surface area (Å²) in [5.74, 6) is -8.43. The molecule has 140 valence electrons. The van der Waals surface area contributed by atoms with Gasteiger partial charge in [0, 0.05) is 6.42 Å². The molecule has 0 spiro atoms. The van der Waals surface area contributed by atoms with Crippen LogP contribution >= 0.6 is 11.6 Å². The minimum atomic E-state index is -4.01. The zero-order chi connectivity index (χ0) is 19.2. The Morgan fingerprint density at radius 1 is 1.40 bits per heavy atom. The zero-order valence-corrected chi connectivity index (χ0v) is 14.6. The highest BCUT2D eigenvalue weighted by Crippen LogP contribution is 2.42. The maximum atomic E-state index is 14.1. The van der Waals surface area contributed by atoms with Gasteiger partial charge in [-0.25, -0.2) is 9.18 Å². The summed E-state index contributed by atoms with van der Waals surface area (Å²) in [5.41, 5.74) is -1.11. The summed E-state index contributed by atoms with van der Waals surface area (Å²) < 4.78 is 47.2. The molecule has 1 amide bonds. The number of alkyl halides is 2. The summed E-state index contributed by atoms with van der Waals surface area (Å²) in [7, 11) is 0. The van der Waals surface area contributed by atoms with Crippen molar-refractivity contribution in [1.29, 1.82) is 0 Å². The summed E-state index contributed by atoms with van der Waals surface area (Å²) in [4.78, 5) is 12.7.